The van der Waals surface area contributed by atoms with Crippen LogP contribution in [0.2, 0.25) is 0 Å². The van der Waals surface area contributed by atoms with Gasteiger partial charge in [-0.25, -0.2) is 0 Å². The van der Waals surface area contributed by atoms with Crippen LogP contribution < -0.4 is 10.6 Å². The summed E-state index contributed by atoms with van der Waals surface area (Å²) in [6.45, 7) is 9.84. The van der Waals surface area contributed by atoms with Crippen molar-refractivity contribution in [3.63, 3.8) is 0 Å². The van der Waals surface area contributed by atoms with Gasteiger partial charge in [-0.05, 0) is 62.5 Å². The number of likely N-dealkylation sites (N-methyl/N-ethyl adjacent to an activating group) is 1. The van der Waals surface area contributed by atoms with E-state index in [4.69, 9.17) is 0 Å². The van der Waals surface area contributed by atoms with E-state index in [0.29, 0.717) is 18.3 Å². The number of nitrogens with one attached hydrogen (secondary N) is 2. The van der Waals surface area contributed by atoms with Gasteiger partial charge in [0.2, 0.25) is 5.91 Å². The van der Waals surface area contributed by atoms with Crippen LogP contribution in [0.3, 0.4) is 0 Å². The molecule has 0 aliphatic carbocycles. The van der Waals surface area contributed by atoms with Crippen LogP contribution in [0.5, 0.6) is 0 Å². The third kappa shape index (κ3) is 5.79. The fraction of sp³-hybridized carbons (Fsp3) is 0.667. The molecule has 0 aromatic heterocycles. The molecule has 144 valence electrons. The van der Waals surface area contributed by atoms with Crippen molar-refractivity contribution in [1.29, 1.82) is 0 Å². The van der Waals surface area contributed by atoms with Gasteiger partial charge >= 0.3 is 0 Å². The molecule has 2 fully saturated rings. The summed E-state index contributed by atoms with van der Waals surface area (Å²) in [5.41, 5.74) is 2.21. The van der Waals surface area contributed by atoms with E-state index in [2.05, 4.69) is 52.6 Å². The number of nitrogens with zero attached hydrogens (tertiary/aromatic N) is 2. The van der Waals surface area contributed by atoms with Gasteiger partial charge in [0.05, 0.1) is 0 Å². The molecule has 1 unspecified atom stereocenters. The van der Waals surface area contributed by atoms with Gasteiger partial charge < -0.3 is 15.5 Å². The molecule has 2 heterocycles. The molecule has 5 heteroatoms. The number of carbonyl (C=O) groups excluding carboxylic acids is 1. The molecule has 2 aliphatic heterocycles. The van der Waals surface area contributed by atoms with Gasteiger partial charge in [-0.2, -0.15) is 0 Å². The molecule has 1 amide bonds. The van der Waals surface area contributed by atoms with Crippen molar-refractivity contribution in [3.05, 3.63) is 29.8 Å². The third-order valence-electron chi connectivity index (χ3n) is 5.91. The first-order chi connectivity index (χ1) is 12.6. The molecule has 26 heavy (non-hydrogen) atoms. The normalized spacial score (nSPS) is 21.5. The first-order valence-electron chi connectivity index (χ1n) is 10.1. The van der Waals surface area contributed by atoms with Crippen molar-refractivity contribution in [2.45, 2.75) is 32.7 Å². The summed E-state index contributed by atoms with van der Waals surface area (Å²) in [6, 6.07) is 8.34. The fourth-order valence-electron chi connectivity index (χ4n) is 4.10. The van der Waals surface area contributed by atoms with Crippen LogP contribution in [0.4, 0.5) is 5.69 Å². The highest BCUT2D eigenvalue weighted by molar-refractivity contribution is 5.90. The Morgan fingerprint density at radius 2 is 1.96 bits per heavy atom. The largest absolute Gasteiger partial charge is 0.326 e. The molecule has 0 radical (unpaired) electrons. The summed E-state index contributed by atoms with van der Waals surface area (Å²) in [6.07, 6.45) is 3.00. The molecule has 5 nitrogen and oxygen atoms in total. The zero-order chi connectivity index (χ0) is 18.4. The third-order valence-corrected chi connectivity index (χ3v) is 5.91. The Hall–Kier alpha value is -1.43. The fourth-order valence-corrected chi connectivity index (χ4v) is 4.10. The van der Waals surface area contributed by atoms with Crippen LogP contribution in [0.15, 0.2) is 24.3 Å². The van der Waals surface area contributed by atoms with Crippen LogP contribution in [0.1, 0.15) is 31.7 Å². The monoisotopic (exact) mass is 358 g/mol. The first kappa shape index (κ1) is 19.3. The molecule has 1 aromatic rings. The molecule has 3 rings (SSSR count). The summed E-state index contributed by atoms with van der Waals surface area (Å²) in [5, 5.41) is 6.51. The predicted molar refractivity (Wildman–Crippen MR) is 107 cm³/mol. The minimum absolute atomic E-state index is 0.146. The van der Waals surface area contributed by atoms with E-state index < -0.39 is 0 Å². The molecule has 0 spiro atoms. The van der Waals surface area contributed by atoms with E-state index in [1.165, 1.54) is 18.4 Å². The second kappa shape index (κ2) is 9.49. The maximum Gasteiger partial charge on any atom is 0.224 e. The number of amides is 1. The van der Waals surface area contributed by atoms with Gasteiger partial charge in [0, 0.05) is 44.8 Å². The van der Waals surface area contributed by atoms with Crippen LogP contribution in [0, 0.1) is 11.8 Å². The Balaban J connectivity index is 1.48. The van der Waals surface area contributed by atoms with E-state index in [1.54, 1.807) is 0 Å². The smallest absolute Gasteiger partial charge is 0.224 e. The van der Waals surface area contributed by atoms with E-state index >= 15 is 0 Å². The topological polar surface area (TPSA) is 47.6 Å². The minimum atomic E-state index is 0.146. The number of hydrogen-bond acceptors (Lipinski definition) is 4. The molecule has 0 bridgehead atoms. The SMILES string of the molecule is CC(CC(=O)Nc1cccc(CN2CCN(C)CC2)c1)C1CCNCC1. The Morgan fingerprint density at radius 1 is 1.23 bits per heavy atom. The van der Waals surface area contributed by atoms with Gasteiger partial charge in [0.15, 0.2) is 0 Å². The lowest BCUT2D eigenvalue weighted by molar-refractivity contribution is -0.117. The van der Waals surface area contributed by atoms with Crippen LogP contribution in [0.25, 0.3) is 0 Å². The highest BCUT2D eigenvalue weighted by Crippen LogP contribution is 2.25. The summed E-state index contributed by atoms with van der Waals surface area (Å²) >= 11 is 0. The predicted octanol–water partition coefficient (Wildman–Crippen LogP) is 2.40. The summed E-state index contributed by atoms with van der Waals surface area (Å²) in [4.78, 5) is 17.3. The van der Waals surface area contributed by atoms with Crippen molar-refractivity contribution in [2.24, 2.45) is 11.8 Å². The first-order valence-corrected chi connectivity index (χ1v) is 10.1. The Morgan fingerprint density at radius 3 is 2.69 bits per heavy atom. The number of piperazine rings is 1. The number of benzene rings is 1. The summed E-state index contributed by atoms with van der Waals surface area (Å²) in [5.74, 6) is 1.27. The summed E-state index contributed by atoms with van der Waals surface area (Å²) < 4.78 is 0. The lowest BCUT2D eigenvalue weighted by Crippen LogP contribution is -2.43. The number of hydrogen-bond donors (Lipinski definition) is 2. The number of rotatable bonds is 6. The molecular formula is C21H34N4O. The molecule has 2 N–H and O–H groups in total. The van der Waals surface area contributed by atoms with Crippen molar-refractivity contribution in [3.8, 4) is 0 Å². The zero-order valence-corrected chi connectivity index (χ0v) is 16.3. The van der Waals surface area contributed by atoms with Crippen molar-refractivity contribution < 1.29 is 4.79 Å². The number of piperidine rings is 1. The lowest BCUT2D eigenvalue weighted by atomic mass is 9.84. The zero-order valence-electron chi connectivity index (χ0n) is 16.3. The molecule has 2 aliphatic rings. The van der Waals surface area contributed by atoms with Crippen molar-refractivity contribution in [1.82, 2.24) is 15.1 Å². The highest BCUT2D eigenvalue weighted by atomic mass is 16.1. The Bertz CT molecular complexity index is 577. The Labute approximate surface area is 158 Å². The van der Waals surface area contributed by atoms with Gasteiger partial charge in [-0.15, -0.1) is 0 Å². The molecule has 1 atom stereocenters. The average molecular weight is 359 g/mol. The standard InChI is InChI=1S/C21H34N4O/c1-17(19-6-8-22-9-7-19)14-21(26)23-20-5-3-4-18(15-20)16-25-12-10-24(2)11-13-25/h3-5,15,17,19,22H,6-14,16H2,1-2H3,(H,23,26). The van der Waals surface area contributed by atoms with Crippen LogP contribution >= 0.6 is 0 Å². The molecule has 1 aromatic carbocycles. The van der Waals surface area contributed by atoms with E-state index in [0.717, 1.165) is 51.5 Å². The number of carbonyl (C=O) groups is 1. The van der Waals surface area contributed by atoms with Gasteiger partial charge in [0.25, 0.3) is 0 Å². The molecule has 2 saturated heterocycles. The van der Waals surface area contributed by atoms with Gasteiger partial charge in [-0.3, -0.25) is 9.69 Å². The van der Waals surface area contributed by atoms with Crippen LogP contribution in [-0.2, 0) is 11.3 Å². The molecule has 0 saturated carbocycles. The Kier molecular flexibility index (Phi) is 7.06. The van der Waals surface area contributed by atoms with Crippen LogP contribution in [-0.4, -0.2) is 62.0 Å². The average Bonchev–Trinajstić information content (AvgIpc) is 2.64. The lowest BCUT2D eigenvalue weighted by Gasteiger charge is -2.32. The maximum absolute atomic E-state index is 12.5. The minimum Gasteiger partial charge on any atom is -0.326 e. The van der Waals surface area contributed by atoms with E-state index in [-0.39, 0.29) is 5.91 Å². The quantitative estimate of drug-likeness (QED) is 0.820. The van der Waals surface area contributed by atoms with E-state index in [9.17, 15) is 4.79 Å². The van der Waals surface area contributed by atoms with Gasteiger partial charge in [-0.1, -0.05) is 19.1 Å². The second-order valence-corrected chi connectivity index (χ2v) is 8.10. The van der Waals surface area contributed by atoms with Crippen molar-refractivity contribution in [2.75, 3.05) is 51.6 Å². The number of anilines is 1. The second-order valence-electron chi connectivity index (χ2n) is 8.10. The van der Waals surface area contributed by atoms with Gasteiger partial charge in [0.1, 0.15) is 0 Å². The molecular weight excluding hydrogens is 324 g/mol. The highest BCUT2D eigenvalue weighted by Gasteiger charge is 2.22. The van der Waals surface area contributed by atoms with E-state index in [1.807, 2.05) is 6.07 Å². The summed E-state index contributed by atoms with van der Waals surface area (Å²) in [7, 11) is 2.18. The van der Waals surface area contributed by atoms with Crippen molar-refractivity contribution >= 4 is 11.6 Å². The maximum atomic E-state index is 12.5.